The lowest BCUT2D eigenvalue weighted by Gasteiger charge is -2.02. The van der Waals surface area contributed by atoms with Crippen LogP contribution < -0.4 is 0 Å². The van der Waals surface area contributed by atoms with Crippen LogP contribution in [0.3, 0.4) is 0 Å². The van der Waals surface area contributed by atoms with E-state index in [0.29, 0.717) is 0 Å². The molecular formula is C7H20Si4. The van der Waals surface area contributed by atoms with Crippen LogP contribution in [0.1, 0.15) is 0 Å². The predicted octanol–water partition coefficient (Wildman–Crippen LogP) is 1.66. The van der Waals surface area contributed by atoms with Gasteiger partial charge in [0.25, 0.3) is 0 Å². The average molecular weight is 217 g/mol. The fraction of sp³-hybridized carbons (Fsp3) is 1.00. The average Bonchev–Trinajstić information content (AvgIpc) is 1.85. The summed E-state index contributed by atoms with van der Waals surface area (Å²) in [5, 5.41) is 0. The Morgan fingerprint density at radius 3 is 1.45 bits per heavy atom. The monoisotopic (exact) mass is 216 g/mol. The van der Waals surface area contributed by atoms with Crippen LogP contribution in [-0.4, -0.2) is 36.6 Å². The lowest BCUT2D eigenvalue weighted by Crippen LogP contribution is -2.10. The third kappa shape index (κ3) is 10.9. The molecule has 0 aliphatic rings. The fourth-order valence-corrected chi connectivity index (χ4v) is 9.89. The van der Waals surface area contributed by atoms with Gasteiger partial charge >= 0.3 is 0 Å². The van der Waals surface area contributed by atoms with Crippen LogP contribution in [0.4, 0.5) is 0 Å². The minimum absolute atomic E-state index is 0.210. The zero-order chi connectivity index (χ0) is 8.69. The van der Waals surface area contributed by atoms with Gasteiger partial charge in [0.05, 0.1) is 0 Å². The fourth-order valence-electron chi connectivity index (χ4n) is 0.810. The first-order valence-corrected chi connectivity index (χ1v) is 13.6. The summed E-state index contributed by atoms with van der Waals surface area (Å²) in [7, 11) is 2.20. The van der Waals surface area contributed by atoms with Crippen molar-refractivity contribution in [2.45, 2.75) is 43.2 Å². The van der Waals surface area contributed by atoms with E-state index in [1.807, 2.05) is 0 Å². The first kappa shape index (κ1) is 11.9. The van der Waals surface area contributed by atoms with Crippen molar-refractivity contribution < 1.29 is 0 Å². The Morgan fingerprint density at radius 1 is 0.818 bits per heavy atom. The van der Waals surface area contributed by atoms with E-state index >= 15 is 0 Å². The first-order chi connectivity index (χ1) is 5.13. The molecule has 0 N–H and O–H groups in total. The molecule has 4 heteroatoms. The van der Waals surface area contributed by atoms with E-state index in [0.717, 1.165) is 0 Å². The van der Waals surface area contributed by atoms with Crippen molar-refractivity contribution in [1.82, 2.24) is 0 Å². The highest BCUT2D eigenvalue weighted by molar-refractivity contribution is 6.75. The number of hydrogen-bond acceptors (Lipinski definition) is 0. The molecule has 0 spiro atoms. The van der Waals surface area contributed by atoms with Crippen LogP contribution in [0, 0.1) is 0 Å². The molecule has 0 aromatic rings. The molecule has 4 radical (unpaired) electrons. The maximum atomic E-state index is 2.47. The Hall–Kier alpha value is 0.868. The minimum Gasteiger partial charge on any atom is -0.0724 e. The van der Waals surface area contributed by atoms with Crippen LogP contribution >= 0.6 is 0 Å². The first-order valence-electron chi connectivity index (χ1n) is 4.54. The van der Waals surface area contributed by atoms with Gasteiger partial charge in [0.2, 0.25) is 0 Å². The molecule has 11 heavy (non-hydrogen) atoms. The molecule has 64 valence electrons. The van der Waals surface area contributed by atoms with Crippen molar-refractivity contribution in [3.8, 4) is 0 Å². The molecule has 0 saturated heterocycles. The highest BCUT2D eigenvalue weighted by atomic mass is 28.3. The van der Waals surface area contributed by atoms with Crippen molar-refractivity contribution in [3.63, 3.8) is 0 Å². The summed E-state index contributed by atoms with van der Waals surface area (Å²) in [6.45, 7) is 9.86. The quantitative estimate of drug-likeness (QED) is 0.468. The smallest absolute Gasteiger partial charge is 0.0309 e. The number of rotatable bonds is 6. The van der Waals surface area contributed by atoms with Gasteiger partial charge in [-0.2, -0.15) is 0 Å². The summed E-state index contributed by atoms with van der Waals surface area (Å²) in [6.07, 6.45) is 0. The van der Waals surface area contributed by atoms with Crippen LogP contribution in [0.2, 0.25) is 43.2 Å². The van der Waals surface area contributed by atoms with Gasteiger partial charge in [-0.3, -0.25) is 0 Å². The molecule has 0 unspecified atom stereocenters. The Kier molecular flexibility index (Phi) is 8.11. The van der Waals surface area contributed by atoms with Crippen LogP contribution in [0.15, 0.2) is 0 Å². The lowest BCUT2D eigenvalue weighted by molar-refractivity contribution is 1.71. The summed E-state index contributed by atoms with van der Waals surface area (Å²) >= 11 is 0. The molecule has 0 rings (SSSR count). The van der Waals surface area contributed by atoms with E-state index in [2.05, 4.69) is 26.2 Å². The molecule has 0 heterocycles. The second kappa shape index (κ2) is 7.51. The van der Waals surface area contributed by atoms with Crippen molar-refractivity contribution >= 4 is 36.6 Å². The van der Waals surface area contributed by atoms with Gasteiger partial charge in [-0.25, -0.2) is 0 Å². The van der Waals surface area contributed by atoms with Gasteiger partial charge in [0.1, 0.15) is 0 Å². The Morgan fingerprint density at radius 2 is 1.18 bits per heavy atom. The van der Waals surface area contributed by atoms with Crippen molar-refractivity contribution in [2.24, 2.45) is 0 Å². The van der Waals surface area contributed by atoms with E-state index in [1.165, 1.54) is 19.0 Å². The second-order valence-electron chi connectivity index (χ2n) is 3.87. The van der Waals surface area contributed by atoms with Crippen molar-refractivity contribution in [1.29, 1.82) is 0 Å². The Balaban J connectivity index is 2.91. The normalized spacial score (nSPS) is 11.5. The maximum absolute atomic E-state index is 2.47. The molecule has 0 amide bonds. The molecule has 0 nitrogen and oxygen atoms in total. The van der Waals surface area contributed by atoms with Gasteiger partial charge in [0, 0.05) is 36.6 Å². The topological polar surface area (TPSA) is 0 Å². The summed E-state index contributed by atoms with van der Waals surface area (Å²) in [5.74, 6) is 0. The van der Waals surface area contributed by atoms with E-state index < -0.39 is 0 Å². The Bertz CT molecular complexity index is 72.5. The van der Waals surface area contributed by atoms with Crippen molar-refractivity contribution in [2.75, 3.05) is 0 Å². The van der Waals surface area contributed by atoms with Crippen LogP contribution in [0.25, 0.3) is 0 Å². The van der Waals surface area contributed by atoms with E-state index in [4.69, 9.17) is 0 Å². The van der Waals surface area contributed by atoms with Gasteiger partial charge in [-0.05, 0) is 0 Å². The van der Waals surface area contributed by atoms with Crippen LogP contribution in [0.5, 0.6) is 0 Å². The molecular weight excluding hydrogens is 196 g/mol. The van der Waals surface area contributed by atoms with Crippen LogP contribution in [-0.2, 0) is 0 Å². The summed E-state index contributed by atoms with van der Waals surface area (Å²) < 4.78 is 0. The standard InChI is InChI=1S/C7H20Si4/c1-10(2)6-8-5-9-7-11(3)4/h10-11H,5-7H2,1-4H3. The SMILES string of the molecule is C[SiH](C)C[Si]C[Si]C[SiH](C)C. The van der Waals surface area contributed by atoms with E-state index in [1.54, 1.807) is 17.0 Å². The molecule has 0 saturated carbocycles. The minimum atomic E-state index is -0.210. The molecule has 0 bridgehead atoms. The zero-order valence-electron chi connectivity index (χ0n) is 8.28. The molecule has 0 fully saturated rings. The highest BCUT2D eigenvalue weighted by Gasteiger charge is 1.99. The largest absolute Gasteiger partial charge is 0.0724 e. The second-order valence-corrected chi connectivity index (χ2v) is 15.1. The van der Waals surface area contributed by atoms with Gasteiger partial charge < -0.3 is 0 Å². The maximum Gasteiger partial charge on any atom is 0.0309 e. The zero-order valence-corrected chi connectivity index (χ0v) is 12.6. The highest BCUT2D eigenvalue weighted by Crippen LogP contribution is 1.95. The van der Waals surface area contributed by atoms with Gasteiger partial charge in [0.15, 0.2) is 0 Å². The lowest BCUT2D eigenvalue weighted by atomic mass is 11.8. The molecule has 0 aromatic carbocycles. The number of hydrogen-bond donors (Lipinski definition) is 0. The summed E-state index contributed by atoms with van der Waals surface area (Å²) in [4.78, 5) is 0. The molecule has 0 aliphatic heterocycles. The molecule has 0 aliphatic carbocycles. The molecule has 0 aromatic heterocycles. The summed E-state index contributed by atoms with van der Waals surface area (Å²) in [5.41, 5.74) is 4.77. The molecule has 0 atom stereocenters. The van der Waals surface area contributed by atoms with E-state index in [-0.39, 0.29) is 17.6 Å². The van der Waals surface area contributed by atoms with Crippen molar-refractivity contribution in [3.05, 3.63) is 0 Å². The third-order valence-corrected chi connectivity index (χ3v) is 12.2. The van der Waals surface area contributed by atoms with E-state index in [9.17, 15) is 0 Å². The van der Waals surface area contributed by atoms with Gasteiger partial charge in [-0.15, -0.1) is 0 Å². The third-order valence-electron chi connectivity index (χ3n) is 1.36. The predicted molar refractivity (Wildman–Crippen MR) is 63.7 cm³/mol. The van der Waals surface area contributed by atoms with Gasteiger partial charge in [-0.1, -0.05) is 43.2 Å². The Labute approximate surface area is 80.0 Å². The summed E-state index contributed by atoms with van der Waals surface area (Å²) in [6, 6.07) is 0.